The highest BCUT2D eigenvalue weighted by Crippen LogP contribution is 2.40. The summed E-state index contributed by atoms with van der Waals surface area (Å²) < 4.78 is 16.0. The van der Waals surface area contributed by atoms with Gasteiger partial charge in [0.05, 0.1) is 10.6 Å². The highest BCUT2D eigenvalue weighted by atomic mass is 32.1. The van der Waals surface area contributed by atoms with E-state index < -0.39 is 0 Å². The van der Waals surface area contributed by atoms with Gasteiger partial charge in [-0.05, 0) is 12.1 Å². The molecule has 0 unspecified atom stereocenters. The molecule has 2 aliphatic heterocycles. The second-order valence-corrected chi connectivity index (χ2v) is 5.81. The van der Waals surface area contributed by atoms with Crippen LogP contribution in [0.3, 0.4) is 0 Å². The van der Waals surface area contributed by atoms with Crippen LogP contribution in [0, 0.1) is 0 Å². The molecular formula is C15H12N2O4S. The van der Waals surface area contributed by atoms with Crippen LogP contribution in [0.15, 0.2) is 36.3 Å². The van der Waals surface area contributed by atoms with Gasteiger partial charge >= 0.3 is 0 Å². The van der Waals surface area contributed by atoms with Crippen LogP contribution in [0.5, 0.6) is 5.75 Å². The van der Waals surface area contributed by atoms with Crippen molar-refractivity contribution in [3.05, 3.63) is 41.2 Å². The molecule has 2 aliphatic rings. The third-order valence-corrected chi connectivity index (χ3v) is 4.24. The first-order chi connectivity index (χ1) is 10.8. The number of hydrogen-bond acceptors (Lipinski definition) is 6. The Morgan fingerprint density at radius 1 is 1.23 bits per heavy atom. The number of rotatable bonds is 2. The quantitative estimate of drug-likeness (QED) is 0.922. The van der Waals surface area contributed by atoms with Gasteiger partial charge in [-0.25, -0.2) is 4.98 Å². The molecular weight excluding hydrogens is 304 g/mol. The lowest BCUT2D eigenvalue weighted by Gasteiger charge is -2.15. The first-order valence-corrected chi connectivity index (χ1v) is 7.61. The smallest absolute Gasteiger partial charge is 0.295 e. The summed E-state index contributed by atoms with van der Waals surface area (Å²) in [5.74, 6) is 0.612. The minimum atomic E-state index is -0.361. The lowest BCUT2D eigenvalue weighted by molar-refractivity contribution is -0.117. The standard InChI is InChI=1S/C15H12N2O4S/c18-14(11-7-19-5-6-20-11)17-15-16-13-9-3-1-2-4-10(9)21-8-12(13)22-15/h1-4,7H,5-6,8H2,(H,16,17,18). The van der Waals surface area contributed by atoms with Gasteiger partial charge in [-0.15, -0.1) is 0 Å². The summed E-state index contributed by atoms with van der Waals surface area (Å²) in [5, 5.41) is 3.26. The maximum absolute atomic E-state index is 12.1. The highest BCUT2D eigenvalue weighted by molar-refractivity contribution is 7.16. The van der Waals surface area contributed by atoms with Gasteiger partial charge in [-0.2, -0.15) is 0 Å². The predicted molar refractivity (Wildman–Crippen MR) is 80.5 cm³/mol. The van der Waals surface area contributed by atoms with Gasteiger partial charge in [0.2, 0.25) is 5.76 Å². The number of benzene rings is 1. The average molecular weight is 316 g/mol. The van der Waals surface area contributed by atoms with Crippen LogP contribution in [0.25, 0.3) is 11.3 Å². The van der Waals surface area contributed by atoms with Crippen LogP contribution in [0.4, 0.5) is 5.13 Å². The van der Waals surface area contributed by atoms with Gasteiger partial charge in [0.15, 0.2) is 5.13 Å². The monoisotopic (exact) mass is 316 g/mol. The number of aromatic nitrogens is 1. The Hall–Kier alpha value is -2.54. The molecule has 0 aliphatic carbocycles. The second kappa shape index (κ2) is 5.34. The largest absolute Gasteiger partial charge is 0.494 e. The lowest BCUT2D eigenvalue weighted by atomic mass is 10.1. The van der Waals surface area contributed by atoms with Gasteiger partial charge in [0.25, 0.3) is 5.91 Å². The number of hydrogen-bond donors (Lipinski definition) is 1. The van der Waals surface area contributed by atoms with E-state index in [1.807, 2.05) is 24.3 Å². The Morgan fingerprint density at radius 2 is 2.14 bits per heavy atom. The third-order valence-electron chi connectivity index (χ3n) is 3.29. The van der Waals surface area contributed by atoms with Gasteiger partial charge in [-0.1, -0.05) is 23.5 Å². The number of ether oxygens (including phenoxy) is 3. The van der Waals surface area contributed by atoms with E-state index in [-0.39, 0.29) is 11.7 Å². The Bertz CT molecular complexity index is 769. The van der Waals surface area contributed by atoms with E-state index in [2.05, 4.69) is 10.3 Å². The molecule has 6 nitrogen and oxygen atoms in total. The average Bonchev–Trinajstić information content (AvgIpc) is 2.98. The Morgan fingerprint density at radius 3 is 3.00 bits per heavy atom. The van der Waals surface area contributed by atoms with Crippen molar-refractivity contribution in [1.29, 1.82) is 0 Å². The summed E-state index contributed by atoms with van der Waals surface area (Å²) in [4.78, 5) is 17.6. The van der Waals surface area contributed by atoms with Crippen molar-refractivity contribution in [3.63, 3.8) is 0 Å². The Kier molecular flexibility index (Phi) is 3.19. The molecule has 0 saturated carbocycles. The van der Waals surface area contributed by atoms with Crippen LogP contribution in [-0.2, 0) is 20.9 Å². The minimum absolute atomic E-state index is 0.163. The van der Waals surface area contributed by atoms with Gasteiger partial charge < -0.3 is 14.2 Å². The zero-order chi connectivity index (χ0) is 14.9. The second-order valence-electron chi connectivity index (χ2n) is 4.73. The first-order valence-electron chi connectivity index (χ1n) is 6.79. The number of thiazole rings is 1. The fourth-order valence-electron chi connectivity index (χ4n) is 2.29. The number of carbonyl (C=O) groups is 1. The van der Waals surface area contributed by atoms with Crippen molar-refractivity contribution < 1.29 is 19.0 Å². The summed E-state index contributed by atoms with van der Waals surface area (Å²) in [6, 6.07) is 7.73. The Balaban J connectivity index is 1.60. The van der Waals surface area contributed by atoms with Gasteiger partial charge in [-0.3, -0.25) is 10.1 Å². The maximum Gasteiger partial charge on any atom is 0.295 e. The molecule has 1 aromatic heterocycles. The van der Waals surface area contributed by atoms with E-state index in [4.69, 9.17) is 14.2 Å². The van der Waals surface area contributed by atoms with Crippen LogP contribution in [0.1, 0.15) is 4.88 Å². The zero-order valence-electron chi connectivity index (χ0n) is 11.5. The van der Waals surface area contributed by atoms with E-state index >= 15 is 0 Å². The van der Waals surface area contributed by atoms with Crippen molar-refractivity contribution in [1.82, 2.24) is 4.98 Å². The molecule has 22 heavy (non-hydrogen) atoms. The highest BCUT2D eigenvalue weighted by Gasteiger charge is 2.23. The normalized spacial score (nSPS) is 15.4. The molecule has 0 atom stereocenters. The van der Waals surface area contributed by atoms with Crippen molar-refractivity contribution in [2.45, 2.75) is 6.61 Å². The van der Waals surface area contributed by atoms with Crippen molar-refractivity contribution in [2.24, 2.45) is 0 Å². The molecule has 1 amide bonds. The molecule has 2 aromatic rings. The first kappa shape index (κ1) is 13.1. The molecule has 0 fully saturated rings. The summed E-state index contributed by atoms with van der Waals surface area (Å²) >= 11 is 1.40. The van der Waals surface area contributed by atoms with Crippen LogP contribution in [-0.4, -0.2) is 24.1 Å². The van der Waals surface area contributed by atoms with E-state index in [0.717, 1.165) is 21.9 Å². The van der Waals surface area contributed by atoms with Gasteiger partial charge in [0.1, 0.15) is 31.8 Å². The number of nitrogens with zero attached hydrogens (tertiary/aromatic N) is 1. The van der Waals surface area contributed by atoms with Crippen molar-refractivity contribution in [2.75, 3.05) is 18.5 Å². The predicted octanol–water partition coefficient (Wildman–Crippen LogP) is 2.53. The van der Waals surface area contributed by atoms with E-state index in [1.165, 1.54) is 17.6 Å². The van der Waals surface area contributed by atoms with Crippen LogP contribution < -0.4 is 10.1 Å². The molecule has 7 heteroatoms. The minimum Gasteiger partial charge on any atom is -0.494 e. The third kappa shape index (κ3) is 2.29. The SMILES string of the molecule is O=C(Nc1nc2c(s1)COc1ccccc1-2)C1=COCCO1. The molecule has 0 radical (unpaired) electrons. The maximum atomic E-state index is 12.1. The number of amides is 1. The van der Waals surface area contributed by atoms with E-state index in [9.17, 15) is 4.79 Å². The van der Waals surface area contributed by atoms with Gasteiger partial charge in [0, 0.05) is 5.56 Å². The van der Waals surface area contributed by atoms with Crippen molar-refractivity contribution in [3.8, 4) is 17.0 Å². The number of nitrogens with one attached hydrogen (secondary N) is 1. The lowest BCUT2D eigenvalue weighted by Crippen LogP contribution is -2.21. The number of para-hydroxylation sites is 1. The summed E-state index contributed by atoms with van der Waals surface area (Å²) in [7, 11) is 0. The van der Waals surface area contributed by atoms with Crippen LogP contribution >= 0.6 is 11.3 Å². The van der Waals surface area contributed by atoms with Crippen LogP contribution in [0.2, 0.25) is 0 Å². The number of fused-ring (bicyclic) bond motifs is 3. The molecule has 0 saturated heterocycles. The summed E-state index contributed by atoms with van der Waals surface area (Å²) in [6.45, 7) is 1.29. The fraction of sp³-hybridized carbons (Fsp3) is 0.200. The topological polar surface area (TPSA) is 69.7 Å². The Labute approximate surface area is 130 Å². The number of anilines is 1. The summed E-state index contributed by atoms with van der Waals surface area (Å²) in [5.41, 5.74) is 1.80. The van der Waals surface area contributed by atoms with E-state index in [0.29, 0.717) is 25.0 Å². The van der Waals surface area contributed by atoms with E-state index in [1.54, 1.807) is 0 Å². The fourth-order valence-corrected chi connectivity index (χ4v) is 3.18. The van der Waals surface area contributed by atoms with Crippen molar-refractivity contribution >= 4 is 22.4 Å². The molecule has 1 N–H and O–H groups in total. The zero-order valence-corrected chi connectivity index (χ0v) is 12.3. The molecule has 1 aromatic carbocycles. The molecule has 0 spiro atoms. The molecule has 112 valence electrons. The summed E-state index contributed by atoms with van der Waals surface area (Å²) in [6.07, 6.45) is 1.32. The molecule has 3 heterocycles. The molecule has 4 rings (SSSR count). The number of carbonyl (C=O) groups excluding carboxylic acids is 1. The molecule has 0 bridgehead atoms.